The van der Waals surface area contributed by atoms with Gasteiger partial charge in [-0.3, -0.25) is 0 Å². The summed E-state index contributed by atoms with van der Waals surface area (Å²) in [5, 5.41) is 0.344. The maximum absolute atomic E-state index is 11.9. The van der Waals surface area contributed by atoms with Crippen molar-refractivity contribution in [2.24, 2.45) is 0 Å². The molecular formula is C10H9F6O2P. The van der Waals surface area contributed by atoms with E-state index in [0.29, 0.717) is 5.30 Å². The molecule has 0 aliphatic carbocycles. The third-order valence-electron chi connectivity index (χ3n) is 1.71. The maximum atomic E-state index is 11.9. The summed E-state index contributed by atoms with van der Waals surface area (Å²) in [5.74, 6) is -0.441. The predicted molar refractivity (Wildman–Crippen MR) is 58.9 cm³/mol. The standard InChI is InChI=1S/C10H9F6O2P/c11-9(12,13)4-17-6-1-7(3-8(19)2-6)18-5-10(14,15)16/h1-3H,4-5,19H2. The van der Waals surface area contributed by atoms with Gasteiger partial charge in [-0.15, -0.1) is 9.24 Å². The summed E-state index contributed by atoms with van der Waals surface area (Å²) in [5.41, 5.74) is 0. The molecular weight excluding hydrogens is 297 g/mol. The quantitative estimate of drug-likeness (QED) is 0.629. The highest BCUT2D eigenvalue weighted by Gasteiger charge is 2.29. The molecule has 9 heteroatoms. The first-order valence-corrected chi connectivity index (χ1v) is 5.42. The molecule has 0 saturated heterocycles. The SMILES string of the molecule is FC(F)(F)COc1cc(P)cc(OCC(F)(F)F)c1. The van der Waals surface area contributed by atoms with Gasteiger partial charge in [-0.05, 0) is 17.4 Å². The molecule has 1 rings (SSSR count). The number of hydrogen-bond donors (Lipinski definition) is 0. The van der Waals surface area contributed by atoms with E-state index < -0.39 is 25.6 Å². The van der Waals surface area contributed by atoms with Gasteiger partial charge in [0.2, 0.25) is 0 Å². The zero-order valence-corrected chi connectivity index (χ0v) is 10.5. The van der Waals surface area contributed by atoms with Crippen LogP contribution < -0.4 is 14.8 Å². The van der Waals surface area contributed by atoms with Gasteiger partial charge in [0.05, 0.1) is 0 Å². The van der Waals surface area contributed by atoms with Crippen LogP contribution in [0.1, 0.15) is 0 Å². The van der Waals surface area contributed by atoms with Gasteiger partial charge in [0, 0.05) is 6.07 Å². The first kappa shape index (κ1) is 15.9. The lowest BCUT2D eigenvalue weighted by atomic mass is 10.3. The Morgan fingerprint density at radius 2 is 1.16 bits per heavy atom. The lowest BCUT2D eigenvalue weighted by molar-refractivity contribution is -0.153. The van der Waals surface area contributed by atoms with Crippen molar-refractivity contribution < 1.29 is 35.8 Å². The Labute approximate surface area is 106 Å². The zero-order valence-electron chi connectivity index (χ0n) is 9.31. The second kappa shape index (κ2) is 5.86. The van der Waals surface area contributed by atoms with Crippen molar-refractivity contribution >= 4 is 14.5 Å². The molecule has 1 aromatic rings. The van der Waals surface area contributed by atoms with E-state index in [0.717, 1.165) is 6.07 Å². The number of hydrogen-bond acceptors (Lipinski definition) is 2. The van der Waals surface area contributed by atoms with E-state index in [4.69, 9.17) is 0 Å². The summed E-state index contributed by atoms with van der Waals surface area (Å²) in [6.45, 7) is -3.06. The monoisotopic (exact) mass is 306 g/mol. The largest absolute Gasteiger partial charge is 0.484 e. The lowest BCUT2D eigenvalue weighted by Crippen LogP contribution is -2.20. The summed E-state index contributed by atoms with van der Waals surface area (Å²) >= 11 is 0. The molecule has 19 heavy (non-hydrogen) atoms. The number of halogens is 6. The van der Waals surface area contributed by atoms with Gasteiger partial charge in [-0.1, -0.05) is 0 Å². The molecule has 108 valence electrons. The van der Waals surface area contributed by atoms with Gasteiger partial charge in [0.1, 0.15) is 11.5 Å². The van der Waals surface area contributed by atoms with Gasteiger partial charge in [-0.25, -0.2) is 0 Å². The van der Waals surface area contributed by atoms with Crippen LogP contribution in [0, 0.1) is 0 Å². The molecule has 1 unspecified atom stereocenters. The summed E-state index contributed by atoms with van der Waals surface area (Å²) in [7, 11) is 2.14. The molecule has 0 aliphatic heterocycles. The smallest absolute Gasteiger partial charge is 0.422 e. The van der Waals surface area contributed by atoms with Gasteiger partial charge < -0.3 is 9.47 Å². The molecule has 0 radical (unpaired) electrons. The Balaban J connectivity index is 2.71. The number of alkyl halides is 6. The van der Waals surface area contributed by atoms with Crippen LogP contribution in [0.25, 0.3) is 0 Å². The fraction of sp³-hybridized carbons (Fsp3) is 0.400. The van der Waals surface area contributed by atoms with Crippen LogP contribution >= 0.6 is 9.24 Å². The molecule has 0 aromatic heterocycles. The average molecular weight is 306 g/mol. The van der Waals surface area contributed by atoms with Crippen molar-refractivity contribution in [3.8, 4) is 11.5 Å². The minimum absolute atomic E-state index is 0.220. The highest BCUT2D eigenvalue weighted by atomic mass is 31.0. The predicted octanol–water partition coefficient (Wildman–Crippen LogP) is 3.07. The van der Waals surface area contributed by atoms with Gasteiger partial charge in [0.25, 0.3) is 0 Å². The van der Waals surface area contributed by atoms with Crippen molar-refractivity contribution in [3.63, 3.8) is 0 Å². The van der Waals surface area contributed by atoms with E-state index >= 15 is 0 Å². The normalized spacial score (nSPS) is 12.4. The van der Waals surface area contributed by atoms with Crippen LogP contribution in [0.15, 0.2) is 18.2 Å². The maximum Gasteiger partial charge on any atom is 0.422 e. The molecule has 0 bridgehead atoms. The van der Waals surface area contributed by atoms with Gasteiger partial charge in [-0.2, -0.15) is 26.3 Å². The van der Waals surface area contributed by atoms with E-state index in [1.807, 2.05) is 0 Å². The van der Waals surface area contributed by atoms with E-state index in [1.165, 1.54) is 12.1 Å². The summed E-state index contributed by atoms with van der Waals surface area (Å²) < 4.78 is 80.5. The van der Waals surface area contributed by atoms with Crippen molar-refractivity contribution in [2.45, 2.75) is 12.4 Å². The molecule has 0 amide bonds. The zero-order chi connectivity index (χ0) is 14.7. The Bertz CT molecular complexity index is 393. The van der Waals surface area contributed by atoms with Crippen molar-refractivity contribution in [3.05, 3.63) is 18.2 Å². The molecule has 0 fully saturated rings. The molecule has 0 saturated carbocycles. The Hall–Kier alpha value is -1.17. The molecule has 0 aliphatic rings. The fourth-order valence-corrected chi connectivity index (χ4v) is 1.42. The Morgan fingerprint density at radius 1 is 0.789 bits per heavy atom. The molecule has 0 heterocycles. The van der Waals surface area contributed by atoms with Crippen LogP contribution in [0.4, 0.5) is 26.3 Å². The molecule has 2 nitrogen and oxygen atoms in total. The first-order valence-electron chi connectivity index (χ1n) is 4.85. The minimum atomic E-state index is -4.52. The van der Waals surface area contributed by atoms with Crippen LogP contribution in [-0.2, 0) is 0 Å². The van der Waals surface area contributed by atoms with Crippen LogP contribution in [0.2, 0.25) is 0 Å². The summed E-state index contributed by atoms with van der Waals surface area (Å²) in [4.78, 5) is 0. The Kier molecular flexibility index (Phi) is 4.90. The number of ether oxygens (including phenoxy) is 2. The lowest BCUT2D eigenvalue weighted by Gasteiger charge is -2.13. The number of benzene rings is 1. The van der Waals surface area contributed by atoms with Crippen molar-refractivity contribution in [1.82, 2.24) is 0 Å². The van der Waals surface area contributed by atoms with Gasteiger partial charge in [0.15, 0.2) is 13.2 Å². The minimum Gasteiger partial charge on any atom is -0.484 e. The van der Waals surface area contributed by atoms with Crippen LogP contribution in [0.5, 0.6) is 11.5 Å². The third kappa shape index (κ3) is 7.10. The average Bonchev–Trinajstić information content (AvgIpc) is 2.21. The third-order valence-corrected chi connectivity index (χ3v) is 2.04. The topological polar surface area (TPSA) is 18.5 Å². The summed E-state index contributed by atoms with van der Waals surface area (Å²) in [6, 6.07) is 3.43. The highest BCUT2D eigenvalue weighted by molar-refractivity contribution is 7.27. The first-order chi connectivity index (χ1) is 8.55. The van der Waals surface area contributed by atoms with E-state index in [2.05, 4.69) is 18.7 Å². The highest BCUT2D eigenvalue weighted by Crippen LogP contribution is 2.24. The summed E-state index contributed by atoms with van der Waals surface area (Å²) in [6.07, 6.45) is -9.05. The van der Waals surface area contributed by atoms with Crippen LogP contribution in [-0.4, -0.2) is 25.6 Å². The van der Waals surface area contributed by atoms with Gasteiger partial charge >= 0.3 is 12.4 Å². The molecule has 0 spiro atoms. The Morgan fingerprint density at radius 3 is 1.47 bits per heavy atom. The van der Waals surface area contributed by atoms with E-state index in [1.54, 1.807) is 0 Å². The van der Waals surface area contributed by atoms with Crippen molar-refractivity contribution in [1.29, 1.82) is 0 Å². The second-order valence-electron chi connectivity index (χ2n) is 3.55. The van der Waals surface area contributed by atoms with E-state index in [9.17, 15) is 26.3 Å². The van der Waals surface area contributed by atoms with Crippen LogP contribution in [0.3, 0.4) is 0 Å². The molecule has 1 atom stereocenters. The fourth-order valence-electron chi connectivity index (χ4n) is 1.09. The molecule has 0 N–H and O–H groups in total. The van der Waals surface area contributed by atoms with E-state index in [-0.39, 0.29) is 11.5 Å². The van der Waals surface area contributed by atoms with Crippen molar-refractivity contribution in [2.75, 3.05) is 13.2 Å². The molecule has 1 aromatic carbocycles. The number of rotatable bonds is 4. The second-order valence-corrected chi connectivity index (χ2v) is 4.21.